The Bertz CT molecular complexity index is 799. The summed E-state index contributed by atoms with van der Waals surface area (Å²) in [4.78, 5) is 24.6. The van der Waals surface area contributed by atoms with E-state index in [1.807, 2.05) is 36.9 Å². The summed E-state index contributed by atoms with van der Waals surface area (Å²) in [5.74, 6) is 2.16. The maximum Gasteiger partial charge on any atom is 0.224 e. The lowest BCUT2D eigenvalue weighted by molar-refractivity contribution is -0.133. The Morgan fingerprint density at radius 2 is 2.12 bits per heavy atom. The first kappa shape index (κ1) is 18.5. The first-order chi connectivity index (χ1) is 12.5. The van der Waals surface area contributed by atoms with Crippen LogP contribution in [-0.2, 0) is 4.79 Å². The van der Waals surface area contributed by atoms with Crippen molar-refractivity contribution in [2.24, 2.45) is 0 Å². The van der Waals surface area contributed by atoms with Gasteiger partial charge in [-0.25, -0.2) is 9.97 Å². The van der Waals surface area contributed by atoms with E-state index in [0.717, 1.165) is 24.5 Å². The smallest absolute Gasteiger partial charge is 0.224 e. The lowest BCUT2D eigenvalue weighted by Gasteiger charge is -2.40. The van der Waals surface area contributed by atoms with Crippen LogP contribution in [-0.4, -0.2) is 46.5 Å². The quantitative estimate of drug-likeness (QED) is 0.817. The number of halogens is 1. The van der Waals surface area contributed by atoms with E-state index < -0.39 is 0 Å². The summed E-state index contributed by atoms with van der Waals surface area (Å²) in [5.41, 5.74) is 0.948. The van der Waals surface area contributed by atoms with E-state index in [0.29, 0.717) is 29.6 Å². The Balaban J connectivity index is 1.71. The van der Waals surface area contributed by atoms with Crippen LogP contribution >= 0.6 is 11.6 Å². The van der Waals surface area contributed by atoms with E-state index in [4.69, 9.17) is 16.3 Å². The number of aryl methyl sites for hydroxylation is 1. The number of ether oxygens (including phenoxy) is 1. The van der Waals surface area contributed by atoms with Crippen molar-refractivity contribution < 1.29 is 9.53 Å². The fourth-order valence-corrected chi connectivity index (χ4v) is 3.22. The van der Waals surface area contributed by atoms with Gasteiger partial charge in [-0.2, -0.15) is 0 Å². The highest BCUT2D eigenvalue weighted by Crippen LogP contribution is 2.27. The molecule has 1 unspecified atom stereocenters. The molecule has 7 heteroatoms. The molecule has 6 nitrogen and oxygen atoms in total. The van der Waals surface area contributed by atoms with E-state index in [1.165, 1.54) is 6.33 Å². The number of piperazine rings is 1. The largest absolute Gasteiger partial charge is 0.439 e. The monoisotopic (exact) mass is 374 g/mol. The van der Waals surface area contributed by atoms with Crippen molar-refractivity contribution in [2.45, 2.75) is 33.2 Å². The molecule has 0 bridgehead atoms. The summed E-state index contributed by atoms with van der Waals surface area (Å²) in [6.07, 6.45) is 2.04. The lowest BCUT2D eigenvalue weighted by Crippen LogP contribution is -2.54. The van der Waals surface area contributed by atoms with Crippen LogP contribution in [0.25, 0.3) is 0 Å². The lowest BCUT2D eigenvalue weighted by atomic mass is 10.1. The van der Waals surface area contributed by atoms with Gasteiger partial charge in [-0.3, -0.25) is 4.79 Å². The fourth-order valence-electron chi connectivity index (χ4n) is 3.10. The van der Waals surface area contributed by atoms with E-state index in [1.54, 1.807) is 6.07 Å². The predicted molar refractivity (Wildman–Crippen MR) is 102 cm³/mol. The van der Waals surface area contributed by atoms with Gasteiger partial charge in [0.1, 0.15) is 17.9 Å². The summed E-state index contributed by atoms with van der Waals surface area (Å²) < 4.78 is 5.85. The zero-order valence-corrected chi connectivity index (χ0v) is 16.0. The number of rotatable bonds is 4. The molecule has 2 aromatic rings. The van der Waals surface area contributed by atoms with Crippen molar-refractivity contribution in [3.63, 3.8) is 0 Å². The molecule has 0 spiro atoms. The Hall–Kier alpha value is -2.34. The molecule has 3 rings (SSSR count). The van der Waals surface area contributed by atoms with Gasteiger partial charge in [0.15, 0.2) is 0 Å². The SMILES string of the molecule is CCC(=O)N1CCN(c2cc(Oc3ccc(Cl)c(C)c3)ncn2)CC1C. The number of amides is 1. The molecule has 1 amide bonds. The van der Waals surface area contributed by atoms with Crippen molar-refractivity contribution >= 4 is 23.3 Å². The highest BCUT2D eigenvalue weighted by atomic mass is 35.5. The van der Waals surface area contributed by atoms with Crippen LogP contribution in [0.2, 0.25) is 5.02 Å². The Labute approximate surface area is 158 Å². The molecular weight excluding hydrogens is 352 g/mol. The van der Waals surface area contributed by atoms with Gasteiger partial charge >= 0.3 is 0 Å². The molecule has 0 saturated carbocycles. The van der Waals surface area contributed by atoms with Crippen LogP contribution in [0.15, 0.2) is 30.6 Å². The van der Waals surface area contributed by atoms with Crippen molar-refractivity contribution in [2.75, 3.05) is 24.5 Å². The normalized spacial score (nSPS) is 17.3. The maximum absolute atomic E-state index is 12.0. The molecule has 1 aliphatic rings. The summed E-state index contributed by atoms with van der Waals surface area (Å²) >= 11 is 6.05. The van der Waals surface area contributed by atoms with Crippen LogP contribution in [0.4, 0.5) is 5.82 Å². The third kappa shape index (κ3) is 4.07. The molecule has 26 heavy (non-hydrogen) atoms. The standard InChI is InChI=1S/C19H23ClN4O2/c1-4-19(25)24-8-7-23(11-14(24)3)17-10-18(22-12-21-17)26-15-5-6-16(20)13(2)9-15/h5-6,9-10,12,14H,4,7-8,11H2,1-3H3. The molecule has 0 radical (unpaired) electrons. The molecular formula is C19H23ClN4O2. The second-order valence-electron chi connectivity index (χ2n) is 6.46. The number of aromatic nitrogens is 2. The molecule has 1 aromatic heterocycles. The predicted octanol–water partition coefficient (Wildman–Crippen LogP) is 3.68. The average molecular weight is 375 g/mol. The van der Waals surface area contributed by atoms with Gasteiger partial charge in [0.25, 0.3) is 0 Å². The topological polar surface area (TPSA) is 58.6 Å². The summed E-state index contributed by atoms with van der Waals surface area (Å²) in [6, 6.07) is 7.47. The third-order valence-corrected chi connectivity index (χ3v) is 4.98. The van der Waals surface area contributed by atoms with Gasteiger partial charge in [0.2, 0.25) is 11.8 Å². The maximum atomic E-state index is 12.0. The molecule has 1 aromatic carbocycles. The van der Waals surface area contributed by atoms with Gasteiger partial charge in [-0.15, -0.1) is 0 Å². The zero-order valence-electron chi connectivity index (χ0n) is 15.3. The molecule has 2 heterocycles. The van der Waals surface area contributed by atoms with Gasteiger partial charge in [-0.1, -0.05) is 18.5 Å². The van der Waals surface area contributed by atoms with Crippen molar-refractivity contribution in [3.8, 4) is 11.6 Å². The summed E-state index contributed by atoms with van der Waals surface area (Å²) in [6.45, 7) is 8.07. The van der Waals surface area contributed by atoms with E-state index in [9.17, 15) is 4.79 Å². The van der Waals surface area contributed by atoms with Crippen molar-refractivity contribution in [1.82, 2.24) is 14.9 Å². The number of carbonyl (C=O) groups excluding carboxylic acids is 1. The second kappa shape index (κ2) is 7.91. The molecule has 0 N–H and O–H groups in total. The van der Waals surface area contributed by atoms with Crippen molar-refractivity contribution in [1.29, 1.82) is 0 Å². The summed E-state index contributed by atoms with van der Waals surface area (Å²) in [7, 11) is 0. The number of anilines is 1. The van der Waals surface area contributed by atoms with Gasteiger partial charge in [-0.05, 0) is 37.6 Å². The fraction of sp³-hybridized carbons (Fsp3) is 0.421. The first-order valence-electron chi connectivity index (χ1n) is 8.78. The molecule has 1 saturated heterocycles. The highest BCUT2D eigenvalue weighted by molar-refractivity contribution is 6.31. The van der Waals surface area contributed by atoms with Crippen LogP contribution < -0.4 is 9.64 Å². The van der Waals surface area contributed by atoms with Crippen LogP contribution in [0.1, 0.15) is 25.8 Å². The minimum absolute atomic E-state index is 0.148. The number of benzene rings is 1. The Morgan fingerprint density at radius 1 is 1.31 bits per heavy atom. The molecule has 1 fully saturated rings. The van der Waals surface area contributed by atoms with Crippen LogP contribution in [0.5, 0.6) is 11.6 Å². The number of hydrogen-bond donors (Lipinski definition) is 0. The van der Waals surface area contributed by atoms with E-state index in [2.05, 4.69) is 21.8 Å². The Kier molecular flexibility index (Phi) is 5.61. The third-order valence-electron chi connectivity index (χ3n) is 4.55. The number of carbonyl (C=O) groups is 1. The second-order valence-corrected chi connectivity index (χ2v) is 6.87. The van der Waals surface area contributed by atoms with Gasteiger partial charge in [0, 0.05) is 43.2 Å². The van der Waals surface area contributed by atoms with Gasteiger partial charge < -0.3 is 14.5 Å². The molecule has 1 atom stereocenters. The Morgan fingerprint density at radius 3 is 2.81 bits per heavy atom. The average Bonchev–Trinajstić information content (AvgIpc) is 2.64. The molecule has 1 aliphatic heterocycles. The minimum Gasteiger partial charge on any atom is -0.439 e. The molecule has 138 valence electrons. The van der Waals surface area contributed by atoms with E-state index >= 15 is 0 Å². The van der Waals surface area contributed by atoms with Gasteiger partial charge in [0.05, 0.1) is 0 Å². The first-order valence-corrected chi connectivity index (χ1v) is 9.16. The van der Waals surface area contributed by atoms with Crippen LogP contribution in [0.3, 0.4) is 0 Å². The number of hydrogen-bond acceptors (Lipinski definition) is 5. The number of nitrogens with zero attached hydrogens (tertiary/aromatic N) is 4. The zero-order chi connectivity index (χ0) is 18.7. The van der Waals surface area contributed by atoms with Crippen LogP contribution in [0, 0.1) is 6.92 Å². The van der Waals surface area contributed by atoms with Crippen molar-refractivity contribution in [3.05, 3.63) is 41.2 Å². The minimum atomic E-state index is 0.148. The summed E-state index contributed by atoms with van der Waals surface area (Å²) in [5, 5.41) is 0.703. The molecule has 0 aliphatic carbocycles. The van der Waals surface area contributed by atoms with E-state index in [-0.39, 0.29) is 11.9 Å². The highest BCUT2D eigenvalue weighted by Gasteiger charge is 2.27.